The molecule has 0 N–H and O–H groups in total. The monoisotopic (exact) mass is 247 g/mol. The highest BCUT2D eigenvalue weighted by molar-refractivity contribution is 5.67. The molecule has 0 unspecified atom stereocenters. The second-order valence-corrected chi connectivity index (χ2v) is 3.51. The zero-order chi connectivity index (χ0) is 14.1. The van der Waals surface area contributed by atoms with Gasteiger partial charge in [0.05, 0.1) is 4.92 Å². The molecule has 1 rings (SSSR count). The van der Waals surface area contributed by atoms with E-state index in [-0.39, 0.29) is 10.6 Å². The summed E-state index contributed by atoms with van der Waals surface area (Å²) < 4.78 is 0. The number of nitrogens with zero attached hydrogens (tertiary/aromatic N) is 1. The molecule has 0 bridgehead atoms. The quantitative estimate of drug-likeness (QED) is 0.557. The van der Waals surface area contributed by atoms with Gasteiger partial charge in [-0.05, 0) is 37.5 Å². The number of hydrogen-bond donors (Lipinski definition) is 0. The van der Waals surface area contributed by atoms with Crippen LogP contribution in [0.3, 0.4) is 0 Å². The molecule has 0 saturated heterocycles. The summed E-state index contributed by atoms with van der Waals surface area (Å²) in [6.07, 6.45) is 7.53. The Morgan fingerprint density at radius 2 is 1.44 bits per heavy atom. The van der Waals surface area contributed by atoms with Crippen molar-refractivity contribution in [1.82, 2.24) is 0 Å². The Labute approximate surface area is 109 Å². The maximum absolute atomic E-state index is 10.8. The van der Waals surface area contributed by atoms with Crippen LogP contribution in [-0.4, -0.2) is 4.92 Å². The summed E-state index contributed by atoms with van der Waals surface area (Å²) in [5.41, 5.74) is 2.98. The van der Waals surface area contributed by atoms with Gasteiger partial charge in [0.15, 0.2) is 0 Å². The molecule has 1 aromatic carbocycles. The lowest BCUT2D eigenvalue weighted by atomic mass is 10.0. The maximum Gasteiger partial charge on any atom is 0.270 e. The maximum atomic E-state index is 10.8. The van der Waals surface area contributed by atoms with E-state index in [4.69, 9.17) is 0 Å². The average molecular weight is 247 g/mol. The first-order valence-electron chi connectivity index (χ1n) is 6.14. The first-order valence-corrected chi connectivity index (χ1v) is 6.14. The van der Waals surface area contributed by atoms with E-state index in [1.807, 2.05) is 58.9 Å². The molecular formula is C15H21NO2. The van der Waals surface area contributed by atoms with E-state index in [0.29, 0.717) is 0 Å². The van der Waals surface area contributed by atoms with Gasteiger partial charge < -0.3 is 0 Å². The lowest BCUT2D eigenvalue weighted by Gasteiger charge is -2.05. The van der Waals surface area contributed by atoms with Crippen LogP contribution in [0.5, 0.6) is 0 Å². The van der Waals surface area contributed by atoms with E-state index in [9.17, 15) is 10.1 Å². The van der Waals surface area contributed by atoms with Gasteiger partial charge in [0, 0.05) is 12.1 Å². The largest absolute Gasteiger partial charge is 0.270 e. The highest BCUT2D eigenvalue weighted by atomic mass is 16.6. The number of nitro groups is 1. The minimum Gasteiger partial charge on any atom is -0.258 e. The number of non-ortho nitro benzene ring substituents is 1. The molecule has 98 valence electrons. The molecule has 0 amide bonds. The van der Waals surface area contributed by atoms with Crippen LogP contribution in [0.2, 0.25) is 0 Å². The third kappa shape index (κ3) is 4.17. The predicted molar refractivity (Wildman–Crippen MR) is 78.6 cm³/mol. The lowest BCUT2D eigenvalue weighted by molar-refractivity contribution is -0.384. The highest BCUT2D eigenvalue weighted by Crippen LogP contribution is 2.24. The Hall–Kier alpha value is -1.90. The van der Waals surface area contributed by atoms with Crippen molar-refractivity contribution < 1.29 is 4.92 Å². The van der Waals surface area contributed by atoms with Crippen LogP contribution in [0.15, 0.2) is 24.3 Å². The van der Waals surface area contributed by atoms with Crippen LogP contribution < -0.4 is 0 Å². The van der Waals surface area contributed by atoms with E-state index in [0.717, 1.165) is 16.7 Å². The fourth-order valence-corrected chi connectivity index (χ4v) is 1.55. The zero-order valence-electron chi connectivity index (χ0n) is 11.7. The minimum absolute atomic E-state index is 0.131. The van der Waals surface area contributed by atoms with E-state index in [1.54, 1.807) is 12.1 Å². The molecule has 0 saturated carbocycles. The molecule has 0 heterocycles. The topological polar surface area (TPSA) is 43.1 Å². The molecule has 0 aliphatic rings. The third-order valence-corrected chi connectivity index (χ3v) is 2.38. The van der Waals surface area contributed by atoms with E-state index in [2.05, 4.69) is 0 Å². The Bertz CT molecular complexity index is 427. The second kappa shape index (κ2) is 8.23. The second-order valence-electron chi connectivity index (χ2n) is 3.51. The molecule has 0 aliphatic carbocycles. The normalized spacial score (nSPS) is 10.5. The van der Waals surface area contributed by atoms with Gasteiger partial charge in [-0.15, -0.1) is 0 Å². The van der Waals surface area contributed by atoms with Crippen LogP contribution in [0.4, 0.5) is 5.69 Å². The Morgan fingerprint density at radius 3 is 1.72 bits per heavy atom. The summed E-state index contributed by atoms with van der Waals surface area (Å²) in [7, 11) is 0. The molecule has 1 aromatic rings. The Kier molecular flexibility index (Phi) is 7.36. The van der Waals surface area contributed by atoms with Crippen molar-refractivity contribution in [2.45, 2.75) is 34.6 Å². The summed E-state index contributed by atoms with van der Waals surface area (Å²) in [6.45, 7) is 9.76. The van der Waals surface area contributed by atoms with E-state index in [1.165, 1.54) is 0 Å². The fourth-order valence-electron chi connectivity index (χ4n) is 1.55. The molecule has 3 heteroatoms. The molecule has 0 spiro atoms. The van der Waals surface area contributed by atoms with Gasteiger partial charge in [0.1, 0.15) is 0 Å². The number of benzene rings is 1. The van der Waals surface area contributed by atoms with Crippen LogP contribution in [0.25, 0.3) is 12.2 Å². The van der Waals surface area contributed by atoms with Crippen molar-refractivity contribution >= 4 is 17.8 Å². The SMILES string of the molecule is C/C=C\c1cc([N+](=O)[O-])cc(/C=C/C)c1C.CC. The van der Waals surface area contributed by atoms with E-state index < -0.39 is 0 Å². The van der Waals surface area contributed by atoms with Gasteiger partial charge in [-0.1, -0.05) is 38.2 Å². The molecule has 0 aromatic heterocycles. The standard InChI is InChI=1S/C13H15NO2.C2H6/c1-4-6-11-8-13(14(15)16)9-12(7-5-2)10(11)3;1-2/h4-9H,1-3H3;1-2H3/b6-4-,7-5+;. The average Bonchev–Trinajstić information content (AvgIpc) is 2.36. The Balaban J connectivity index is 0.00000137. The van der Waals surface area contributed by atoms with Gasteiger partial charge in [0.25, 0.3) is 5.69 Å². The molecule has 3 nitrogen and oxygen atoms in total. The van der Waals surface area contributed by atoms with Gasteiger partial charge in [0.2, 0.25) is 0 Å². The van der Waals surface area contributed by atoms with Gasteiger partial charge in [-0.3, -0.25) is 10.1 Å². The summed E-state index contributed by atoms with van der Waals surface area (Å²) in [4.78, 5) is 10.4. The first kappa shape index (κ1) is 16.1. The summed E-state index contributed by atoms with van der Waals surface area (Å²) in [6, 6.07) is 3.20. The smallest absolute Gasteiger partial charge is 0.258 e. The zero-order valence-corrected chi connectivity index (χ0v) is 11.7. The van der Waals surface area contributed by atoms with Crippen LogP contribution in [-0.2, 0) is 0 Å². The number of rotatable bonds is 3. The van der Waals surface area contributed by atoms with Crippen molar-refractivity contribution in [3.63, 3.8) is 0 Å². The van der Waals surface area contributed by atoms with Crippen molar-refractivity contribution in [3.8, 4) is 0 Å². The van der Waals surface area contributed by atoms with Gasteiger partial charge in [-0.2, -0.15) is 0 Å². The molecule has 18 heavy (non-hydrogen) atoms. The lowest BCUT2D eigenvalue weighted by Crippen LogP contribution is -1.93. The van der Waals surface area contributed by atoms with Crippen LogP contribution >= 0.6 is 0 Å². The van der Waals surface area contributed by atoms with Gasteiger partial charge in [-0.25, -0.2) is 0 Å². The highest BCUT2D eigenvalue weighted by Gasteiger charge is 2.10. The van der Waals surface area contributed by atoms with Crippen molar-refractivity contribution in [3.05, 3.63) is 51.1 Å². The molecule has 0 radical (unpaired) electrons. The van der Waals surface area contributed by atoms with Gasteiger partial charge >= 0.3 is 0 Å². The van der Waals surface area contributed by atoms with Crippen LogP contribution in [0, 0.1) is 17.0 Å². The molecule has 0 atom stereocenters. The molecule has 0 fully saturated rings. The predicted octanol–water partition coefficient (Wildman–Crippen LogP) is 5.00. The first-order chi connectivity index (χ1) is 8.60. The molecule has 0 aliphatic heterocycles. The van der Waals surface area contributed by atoms with Crippen molar-refractivity contribution in [2.75, 3.05) is 0 Å². The number of hydrogen-bond acceptors (Lipinski definition) is 2. The fraction of sp³-hybridized carbons (Fsp3) is 0.333. The van der Waals surface area contributed by atoms with E-state index >= 15 is 0 Å². The van der Waals surface area contributed by atoms with Crippen LogP contribution in [0.1, 0.15) is 44.4 Å². The summed E-state index contributed by atoms with van der Waals surface area (Å²) >= 11 is 0. The minimum atomic E-state index is -0.362. The third-order valence-electron chi connectivity index (χ3n) is 2.38. The number of nitro benzene ring substituents is 1. The summed E-state index contributed by atoms with van der Waals surface area (Å²) in [5.74, 6) is 0. The Morgan fingerprint density at radius 1 is 1.06 bits per heavy atom. The molecular weight excluding hydrogens is 226 g/mol. The van der Waals surface area contributed by atoms with Crippen molar-refractivity contribution in [1.29, 1.82) is 0 Å². The van der Waals surface area contributed by atoms with Crippen molar-refractivity contribution in [2.24, 2.45) is 0 Å². The number of allylic oxidation sites excluding steroid dienone is 2. The summed E-state index contributed by atoms with van der Waals surface area (Å²) in [5, 5.41) is 10.8.